The number of carbonyl (C=O) groups excluding carboxylic acids is 3. The van der Waals surface area contributed by atoms with E-state index in [0.29, 0.717) is 94.2 Å². The summed E-state index contributed by atoms with van der Waals surface area (Å²) < 4.78 is 28.7. The van der Waals surface area contributed by atoms with E-state index < -0.39 is 17.6 Å². The first kappa shape index (κ1) is 60.8. The van der Waals surface area contributed by atoms with Gasteiger partial charge in [-0.2, -0.15) is 0 Å². The van der Waals surface area contributed by atoms with Gasteiger partial charge >= 0.3 is 5.97 Å². The third-order valence-corrected chi connectivity index (χ3v) is 15.2. The van der Waals surface area contributed by atoms with Crippen molar-refractivity contribution in [2.24, 2.45) is 35.5 Å². The summed E-state index contributed by atoms with van der Waals surface area (Å²) in [5.41, 5.74) is 3.08. The number of likely N-dealkylation sites (N-methyl/N-ethyl adjacent to an activating group) is 1. The number of ether oxygens (including phenoxy) is 5. The molecule has 16 nitrogen and oxygen atoms in total. The van der Waals surface area contributed by atoms with E-state index in [9.17, 15) is 24.3 Å². The molecule has 0 aliphatic carbocycles. The predicted octanol–water partition coefficient (Wildman–Crippen LogP) is 6.82. The number of methoxy groups -OCH3 is 2. The molecular formula is C59H90N6O10. The number of hydrogen-bond acceptors (Lipinski definition) is 12. The first-order chi connectivity index (χ1) is 36.1. The fourth-order valence-corrected chi connectivity index (χ4v) is 10.6. The van der Waals surface area contributed by atoms with E-state index in [1.54, 1.807) is 36.2 Å². The van der Waals surface area contributed by atoms with Gasteiger partial charge in [0.05, 0.1) is 32.2 Å². The van der Waals surface area contributed by atoms with Crippen LogP contribution in [0.4, 0.5) is 0 Å². The number of nitrogens with one attached hydrogen (secondary N) is 3. The number of carbonyl (C=O) groups is 4. The lowest BCUT2D eigenvalue weighted by molar-refractivity contribution is -0.208. The molecule has 2 unspecified atom stereocenters. The van der Waals surface area contributed by atoms with Crippen LogP contribution in [0.3, 0.4) is 0 Å². The van der Waals surface area contributed by atoms with Gasteiger partial charge in [-0.05, 0) is 118 Å². The van der Waals surface area contributed by atoms with Gasteiger partial charge in [0.1, 0.15) is 17.2 Å². The Balaban J connectivity index is 0.000000308. The fourth-order valence-electron chi connectivity index (χ4n) is 10.6. The van der Waals surface area contributed by atoms with E-state index in [-0.39, 0.29) is 54.5 Å². The summed E-state index contributed by atoms with van der Waals surface area (Å²) in [5.74, 6) is 0.824. The third-order valence-electron chi connectivity index (χ3n) is 15.2. The summed E-state index contributed by atoms with van der Waals surface area (Å²) in [6, 6.07) is 21.2. The molecule has 416 valence electrons. The quantitative estimate of drug-likeness (QED) is 0.0585. The van der Waals surface area contributed by atoms with Crippen LogP contribution in [-0.2, 0) is 36.6 Å². The van der Waals surface area contributed by atoms with Gasteiger partial charge in [0.2, 0.25) is 5.91 Å². The van der Waals surface area contributed by atoms with Crippen LogP contribution in [0.15, 0.2) is 66.7 Å². The first-order valence-corrected chi connectivity index (χ1v) is 27.4. The van der Waals surface area contributed by atoms with Crippen molar-refractivity contribution in [1.29, 1.82) is 0 Å². The molecule has 3 fully saturated rings. The smallest absolute Gasteiger partial charge is 0.306 e. The Hall–Kier alpha value is -5.10. The number of carboxylic acids is 1. The second-order valence-corrected chi connectivity index (χ2v) is 21.2. The molecule has 3 aliphatic rings. The van der Waals surface area contributed by atoms with E-state index in [1.807, 2.05) is 94.4 Å². The molecular weight excluding hydrogens is 953 g/mol. The number of amides is 3. The van der Waals surface area contributed by atoms with E-state index >= 15 is 0 Å². The average molecular weight is 1040 g/mol. The van der Waals surface area contributed by atoms with Crippen molar-refractivity contribution in [3.8, 4) is 11.5 Å². The molecule has 6 atom stereocenters. The minimum atomic E-state index is -1.11. The van der Waals surface area contributed by atoms with Crippen molar-refractivity contribution in [3.05, 3.63) is 94.5 Å². The normalized spacial score (nSPS) is 21.4. The molecule has 6 rings (SSSR count). The fraction of sp³-hybridized carbons (Fsp3) is 0.627. The number of benzene rings is 3. The van der Waals surface area contributed by atoms with Gasteiger partial charge in [-0.3, -0.25) is 19.2 Å². The van der Waals surface area contributed by atoms with Crippen LogP contribution in [-0.4, -0.2) is 169 Å². The Morgan fingerprint density at radius 1 is 0.773 bits per heavy atom. The molecule has 3 aromatic rings. The van der Waals surface area contributed by atoms with Crippen LogP contribution >= 0.6 is 0 Å². The van der Waals surface area contributed by atoms with Gasteiger partial charge in [-0.15, -0.1) is 0 Å². The molecule has 0 aromatic heterocycles. The molecule has 3 aromatic carbocycles. The van der Waals surface area contributed by atoms with Crippen LogP contribution < -0.4 is 25.4 Å². The molecule has 16 heteroatoms. The highest BCUT2D eigenvalue weighted by atomic mass is 16.5. The highest BCUT2D eigenvalue weighted by Crippen LogP contribution is 2.41. The van der Waals surface area contributed by atoms with Crippen LogP contribution in [0.1, 0.15) is 97.7 Å². The molecule has 4 N–H and O–H groups in total. The highest BCUT2D eigenvalue weighted by molar-refractivity contribution is 5.96. The SMILES string of the molecule is CCc1ccc(C(=O)N(C[C@@H]2CNC[C@@H]2CNC)C(C)C)cc1OCCCOC.COCCCOc1cc(C(=O)N(C[C@@H]2CNC[C@H]2CN(C)C(=O)Cc2ccccc2)C2(C(C)C)CC(C(=O)O)CCO2)ccc1C. The van der Waals surface area contributed by atoms with Crippen molar-refractivity contribution in [2.75, 3.05) is 114 Å². The topological polar surface area (TPSA) is 180 Å². The summed E-state index contributed by atoms with van der Waals surface area (Å²) in [6.07, 6.45) is 3.37. The van der Waals surface area contributed by atoms with Gasteiger partial charge in [0.25, 0.3) is 11.8 Å². The van der Waals surface area contributed by atoms with E-state index in [1.165, 1.54) is 0 Å². The molecule has 3 saturated heterocycles. The maximum absolute atomic E-state index is 14.6. The van der Waals surface area contributed by atoms with E-state index in [2.05, 4.69) is 36.7 Å². The third kappa shape index (κ3) is 17.2. The molecule has 75 heavy (non-hydrogen) atoms. The monoisotopic (exact) mass is 1040 g/mol. The summed E-state index contributed by atoms with van der Waals surface area (Å²) in [5, 5.41) is 20.3. The summed E-state index contributed by atoms with van der Waals surface area (Å²) in [4.78, 5) is 59.0. The minimum Gasteiger partial charge on any atom is -0.493 e. The zero-order chi connectivity index (χ0) is 54.5. The lowest BCUT2D eigenvalue weighted by atomic mass is 9.82. The van der Waals surface area contributed by atoms with Gasteiger partial charge in [0, 0.05) is 116 Å². The number of aliphatic carboxylic acids is 1. The number of aryl methyl sites for hydroxylation is 2. The Morgan fingerprint density at radius 2 is 1.36 bits per heavy atom. The largest absolute Gasteiger partial charge is 0.493 e. The number of nitrogens with zero attached hydrogens (tertiary/aromatic N) is 3. The molecule has 3 amide bonds. The van der Waals surface area contributed by atoms with Crippen LogP contribution in [0.5, 0.6) is 11.5 Å². The standard InChI is InChI=1S/C36H51N3O7.C23H39N3O3/c1-25(2)36(20-29(35(42)43)14-17-46-36)39(34(41)28-13-12-26(3)32(19-28)45-16-9-15-44-5)24-31-22-37-21-30(31)23-38(4)33(40)18-27-10-7-6-8-11-27;1-6-18-8-9-19(12-22(18)29-11-7-10-28-5)23(27)26(17(2)3)16-21-15-25-14-20(21)13-24-4/h6-8,10-13,19,25,29-31,37H,9,14-18,20-24H2,1-5H3,(H,42,43);8-9,12,17,20-21,24-25H,6-7,10-11,13-16H2,1-5H3/t29?,30-,31-,36?;20-,21-/m00/s1. The Kier molecular flexibility index (Phi) is 24.8. The lowest BCUT2D eigenvalue weighted by Crippen LogP contribution is -2.62. The Morgan fingerprint density at radius 3 is 1.96 bits per heavy atom. The minimum absolute atomic E-state index is 0.0237. The zero-order valence-electron chi connectivity index (χ0n) is 46.8. The lowest BCUT2D eigenvalue weighted by Gasteiger charge is -2.51. The Bertz CT molecular complexity index is 2250. The van der Waals surface area contributed by atoms with E-state index in [0.717, 1.165) is 67.9 Å². The Labute approximate surface area is 447 Å². The maximum atomic E-state index is 14.6. The average Bonchev–Trinajstić information content (AvgIpc) is 4.05. The first-order valence-electron chi connectivity index (χ1n) is 27.4. The van der Waals surface area contributed by atoms with Crippen molar-refractivity contribution in [3.63, 3.8) is 0 Å². The number of rotatable bonds is 27. The van der Waals surface area contributed by atoms with Crippen molar-refractivity contribution >= 4 is 23.7 Å². The second-order valence-electron chi connectivity index (χ2n) is 21.2. The molecule has 0 radical (unpaired) electrons. The summed E-state index contributed by atoms with van der Waals surface area (Å²) >= 11 is 0. The second kappa shape index (κ2) is 30.6. The summed E-state index contributed by atoms with van der Waals surface area (Å²) in [6.45, 7) is 20.8. The molecule has 3 heterocycles. The molecule has 0 spiro atoms. The van der Waals surface area contributed by atoms with Crippen LogP contribution in [0.2, 0.25) is 0 Å². The van der Waals surface area contributed by atoms with E-state index in [4.69, 9.17) is 23.7 Å². The molecule has 3 aliphatic heterocycles. The summed E-state index contributed by atoms with van der Waals surface area (Å²) in [7, 11) is 7.17. The number of hydrogen-bond donors (Lipinski definition) is 4. The van der Waals surface area contributed by atoms with Crippen LogP contribution in [0.25, 0.3) is 0 Å². The number of carboxylic acid groups (broad SMARTS) is 1. The zero-order valence-corrected chi connectivity index (χ0v) is 46.8. The van der Waals surface area contributed by atoms with Gasteiger partial charge in [0.15, 0.2) is 0 Å². The van der Waals surface area contributed by atoms with Gasteiger partial charge in [-0.25, -0.2) is 0 Å². The van der Waals surface area contributed by atoms with Crippen LogP contribution in [0, 0.1) is 42.4 Å². The van der Waals surface area contributed by atoms with Gasteiger partial charge < -0.3 is 59.4 Å². The molecule has 0 saturated carbocycles. The highest BCUT2D eigenvalue weighted by Gasteiger charge is 2.50. The maximum Gasteiger partial charge on any atom is 0.306 e. The van der Waals surface area contributed by atoms with Crippen molar-refractivity contribution in [1.82, 2.24) is 30.7 Å². The molecule has 0 bridgehead atoms. The predicted molar refractivity (Wildman–Crippen MR) is 293 cm³/mol. The van der Waals surface area contributed by atoms with Crippen molar-refractivity contribution in [2.45, 2.75) is 91.8 Å². The van der Waals surface area contributed by atoms with Gasteiger partial charge in [-0.1, -0.05) is 63.2 Å². The van der Waals surface area contributed by atoms with Crippen molar-refractivity contribution < 1.29 is 48.0 Å².